The molecule has 1 aromatic carbocycles. The van der Waals surface area contributed by atoms with Gasteiger partial charge in [-0.15, -0.1) is 0 Å². The Morgan fingerprint density at radius 2 is 1.88 bits per heavy atom. The number of halogens is 2. The molecule has 0 saturated carbocycles. The second-order valence-electron chi connectivity index (χ2n) is 6.50. The van der Waals surface area contributed by atoms with Gasteiger partial charge in [-0.1, -0.05) is 23.2 Å². The van der Waals surface area contributed by atoms with Crippen molar-refractivity contribution in [3.63, 3.8) is 0 Å². The molecular formula is C17H19Cl2N3O3. The lowest BCUT2D eigenvalue weighted by atomic mass is 10.1. The molecule has 2 aliphatic heterocycles. The lowest BCUT2D eigenvalue weighted by Gasteiger charge is -2.25. The van der Waals surface area contributed by atoms with Crippen molar-refractivity contribution in [2.75, 3.05) is 20.1 Å². The highest BCUT2D eigenvalue weighted by Crippen LogP contribution is 2.25. The van der Waals surface area contributed by atoms with E-state index >= 15 is 0 Å². The van der Waals surface area contributed by atoms with Gasteiger partial charge in [0.05, 0.1) is 6.04 Å². The topological polar surface area (TPSA) is 69.7 Å². The van der Waals surface area contributed by atoms with Crippen molar-refractivity contribution in [3.05, 3.63) is 33.8 Å². The number of likely N-dealkylation sites (tertiary alicyclic amines) is 2. The van der Waals surface area contributed by atoms with Gasteiger partial charge in [-0.25, -0.2) is 0 Å². The van der Waals surface area contributed by atoms with E-state index in [4.69, 9.17) is 23.2 Å². The Morgan fingerprint density at radius 3 is 2.48 bits per heavy atom. The molecular weight excluding hydrogens is 365 g/mol. The molecule has 0 radical (unpaired) electrons. The molecule has 0 bridgehead atoms. The molecule has 134 valence electrons. The molecule has 6 nitrogen and oxygen atoms in total. The maximum absolute atomic E-state index is 12.8. The van der Waals surface area contributed by atoms with Gasteiger partial charge in [-0.05, 0) is 31.0 Å². The van der Waals surface area contributed by atoms with Crippen LogP contribution >= 0.6 is 23.2 Å². The summed E-state index contributed by atoms with van der Waals surface area (Å²) in [6.07, 6.45) is 1.65. The quantitative estimate of drug-likeness (QED) is 0.866. The fourth-order valence-electron chi connectivity index (χ4n) is 3.38. The molecule has 2 aliphatic rings. The predicted molar refractivity (Wildman–Crippen MR) is 94.7 cm³/mol. The summed E-state index contributed by atoms with van der Waals surface area (Å²) in [4.78, 5) is 40.1. The minimum atomic E-state index is -0.536. The van der Waals surface area contributed by atoms with Gasteiger partial charge in [-0.2, -0.15) is 0 Å². The zero-order chi connectivity index (χ0) is 18.1. The number of likely N-dealkylation sites (N-methyl/N-ethyl adjacent to an activating group) is 1. The molecule has 2 atom stereocenters. The highest BCUT2D eigenvalue weighted by Gasteiger charge is 2.37. The minimum Gasteiger partial charge on any atom is -0.349 e. The predicted octanol–water partition coefficient (Wildman–Crippen LogP) is 1.94. The van der Waals surface area contributed by atoms with Crippen LogP contribution in [0.15, 0.2) is 18.2 Å². The Morgan fingerprint density at radius 1 is 1.20 bits per heavy atom. The van der Waals surface area contributed by atoms with Crippen LogP contribution in [0.5, 0.6) is 0 Å². The van der Waals surface area contributed by atoms with Gasteiger partial charge >= 0.3 is 0 Å². The normalized spacial score (nSPS) is 23.2. The lowest BCUT2D eigenvalue weighted by molar-refractivity contribution is -0.126. The van der Waals surface area contributed by atoms with Crippen LogP contribution in [0.25, 0.3) is 0 Å². The molecule has 2 heterocycles. The summed E-state index contributed by atoms with van der Waals surface area (Å²) in [7, 11) is 1.71. The standard InChI is InChI=1S/C17H19Cl2N3O3/c1-21-9-13(8-15(21)23)20-16(24)14-3-2-4-22(14)17(25)10-5-11(18)7-12(19)6-10/h5-7,13-14H,2-4,8-9H2,1H3,(H,20,24). The first-order valence-electron chi connectivity index (χ1n) is 8.16. The van der Waals surface area contributed by atoms with Crippen molar-refractivity contribution in [1.29, 1.82) is 0 Å². The van der Waals surface area contributed by atoms with Crippen LogP contribution in [0.1, 0.15) is 29.6 Å². The minimum absolute atomic E-state index is 0.0122. The monoisotopic (exact) mass is 383 g/mol. The summed E-state index contributed by atoms with van der Waals surface area (Å²) in [5.41, 5.74) is 0.368. The van der Waals surface area contributed by atoms with Crippen LogP contribution in [-0.4, -0.2) is 59.7 Å². The number of amides is 3. The third-order valence-corrected chi connectivity index (χ3v) is 5.05. The van der Waals surface area contributed by atoms with Gasteiger partial charge in [0, 0.05) is 42.2 Å². The Bertz CT molecular complexity index is 705. The van der Waals surface area contributed by atoms with Crippen LogP contribution < -0.4 is 5.32 Å². The number of hydrogen-bond acceptors (Lipinski definition) is 3. The van der Waals surface area contributed by atoms with E-state index < -0.39 is 6.04 Å². The van der Waals surface area contributed by atoms with Gasteiger partial charge in [0.25, 0.3) is 5.91 Å². The second-order valence-corrected chi connectivity index (χ2v) is 7.37. The molecule has 2 saturated heterocycles. The maximum atomic E-state index is 12.8. The van der Waals surface area contributed by atoms with Crippen LogP contribution in [0.3, 0.4) is 0 Å². The average Bonchev–Trinajstić information content (AvgIpc) is 3.13. The van der Waals surface area contributed by atoms with E-state index in [0.29, 0.717) is 41.5 Å². The van der Waals surface area contributed by atoms with Gasteiger partial charge in [0.1, 0.15) is 6.04 Å². The molecule has 0 spiro atoms. The number of nitrogens with one attached hydrogen (secondary N) is 1. The summed E-state index contributed by atoms with van der Waals surface area (Å²) in [5, 5.41) is 3.65. The summed E-state index contributed by atoms with van der Waals surface area (Å²) < 4.78 is 0. The van der Waals surface area contributed by atoms with Crippen LogP contribution in [-0.2, 0) is 9.59 Å². The molecule has 8 heteroatoms. The van der Waals surface area contributed by atoms with Crippen molar-refractivity contribution >= 4 is 40.9 Å². The third kappa shape index (κ3) is 3.90. The summed E-state index contributed by atoms with van der Waals surface area (Å²) in [6.45, 7) is 1.000. The number of carbonyl (C=O) groups excluding carboxylic acids is 3. The summed E-state index contributed by atoms with van der Waals surface area (Å²) in [6, 6.07) is 3.91. The number of hydrogen-bond donors (Lipinski definition) is 1. The van der Waals surface area contributed by atoms with Crippen molar-refractivity contribution in [1.82, 2.24) is 15.1 Å². The SMILES string of the molecule is CN1CC(NC(=O)C2CCCN2C(=O)c2cc(Cl)cc(Cl)c2)CC1=O. The van der Waals surface area contributed by atoms with Gasteiger partial charge < -0.3 is 15.1 Å². The lowest BCUT2D eigenvalue weighted by Crippen LogP contribution is -2.49. The Labute approximate surface area is 156 Å². The van der Waals surface area contributed by atoms with E-state index in [1.807, 2.05) is 0 Å². The first kappa shape index (κ1) is 18.0. The number of rotatable bonds is 3. The highest BCUT2D eigenvalue weighted by atomic mass is 35.5. The fourth-order valence-corrected chi connectivity index (χ4v) is 3.91. The fraction of sp³-hybridized carbons (Fsp3) is 0.471. The first-order valence-corrected chi connectivity index (χ1v) is 8.92. The zero-order valence-corrected chi connectivity index (χ0v) is 15.3. The van der Waals surface area contributed by atoms with E-state index in [9.17, 15) is 14.4 Å². The van der Waals surface area contributed by atoms with Crippen molar-refractivity contribution in [2.45, 2.75) is 31.3 Å². The number of nitrogens with zero attached hydrogens (tertiary/aromatic N) is 2. The molecule has 1 N–H and O–H groups in total. The van der Waals surface area contributed by atoms with E-state index in [0.717, 1.165) is 6.42 Å². The molecule has 2 fully saturated rings. The van der Waals surface area contributed by atoms with E-state index in [1.165, 1.54) is 0 Å². The molecule has 2 unspecified atom stereocenters. The Hall–Kier alpha value is -1.79. The van der Waals surface area contributed by atoms with Crippen LogP contribution in [0, 0.1) is 0 Å². The third-order valence-electron chi connectivity index (χ3n) is 4.61. The molecule has 3 rings (SSSR count). The largest absolute Gasteiger partial charge is 0.349 e. The van der Waals surface area contributed by atoms with Crippen molar-refractivity contribution in [3.8, 4) is 0 Å². The van der Waals surface area contributed by atoms with E-state index in [-0.39, 0.29) is 23.8 Å². The number of benzene rings is 1. The van der Waals surface area contributed by atoms with E-state index in [2.05, 4.69) is 5.32 Å². The Kier molecular flexibility index (Phi) is 5.20. The first-order chi connectivity index (χ1) is 11.8. The molecule has 3 amide bonds. The smallest absolute Gasteiger partial charge is 0.254 e. The summed E-state index contributed by atoms with van der Waals surface area (Å²) >= 11 is 11.9. The van der Waals surface area contributed by atoms with Crippen LogP contribution in [0.2, 0.25) is 10.0 Å². The van der Waals surface area contributed by atoms with Crippen LogP contribution in [0.4, 0.5) is 0 Å². The molecule has 0 aliphatic carbocycles. The van der Waals surface area contributed by atoms with Crippen molar-refractivity contribution < 1.29 is 14.4 Å². The van der Waals surface area contributed by atoms with Crippen molar-refractivity contribution in [2.24, 2.45) is 0 Å². The zero-order valence-electron chi connectivity index (χ0n) is 13.8. The highest BCUT2D eigenvalue weighted by molar-refractivity contribution is 6.35. The molecule has 0 aromatic heterocycles. The number of carbonyl (C=O) groups is 3. The average molecular weight is 384 g/mol. The van der Waals surface area contributed by atoms with Gasteiger partial charge in [-0.3, -0.25) is 14.4 Å². The Balaban J connectivity index is 1.70. The summed E-state index contributed by atoms with van der Waals surface area (Å²) in [5.74, 6) is -0.466. The second kappa shape index (κ2) is 7.22. The molecule has 1 aromatic rings. The molecule has 25 heavy (non-hydrogen) atoms. The van der Waals surface area contributed by atoms with E-state index in [1.54, 1.807) is 35.0 Å². The maximum Gasteiger partial charge on any atom is 0.254 e. The van der Waals surface area contributed by atoms with Gasteiger partial charge in [0.15, 0.2) is 0 Å². The van der Waals surface area contributed by atoms with Gasteiger partial charge in [0.2, 0.25) is 11.8 Å².